The Kier molecular flexibility index (Phi) is 5.57. The van der Waals surface area contributed by atoms with E-state index in [0.717, 1.165) is 4.47 Å². The van der Waals surface area contributed by atoms with Crippen molar-refractivity contribution in [2.75, 3.05) is 12.0 Å². The molecule has 7 heteroatoms. The summed E-state index contributed by atoms with van der Waals surface area (Å²) in [5.74, 6) is -0.742. The number of aromatic amines is 1. The number of hydrogen-bond donors (Lipinski definition) is 3. The molecular formula is C10H13BrN2O3S. The van der Waals surface area contributed by atoms with Crippen LogP contribution in [0.15, 0.2) is 16.7 Å². The SMILES string of the molecule is CSCC[C@H](NC(=O)c1cc(Br)c[nH]1)C(=O)O. The van der Waals surface area contributed by atoms with Crippen LogP contribution in [0.3, 0.4) is 0 Å². The Hall–Kier alpha value is -0.950. The second kappa shape index (κ2) is 6.70. The molecule has 1 aromatic rings. The number of aliphatic carboxylic acids is 1. The highest BCUT2D eigenvalue weighted by Crippen LogP contribution is 2.11. The van der Waals surface area contributed by atoms with E-state index in [1.165, 1.54) is 0 Å². The Balaban J connectivity index is 2.60. The summed E-state index contributed by atoms with van der Waals surface area (Å²) in [4.78, 5) is 25.4. The zero-order valence-corrected chi connectivity index (χ0v) is 11.6. The summed E-state index contributed by atoms with van der Waals surface area (Å²) in [6, 6.07) is 0.750. The van der Waals surface area contributed by atoms with Gasteiger partial charge in [0.15, 0.2) is 0 Å². The van der Waals surface area contributed by atoms with Gasteiger partial charge in [-0.3, -0.25) is 4.79 Å². The van der Waals surface area contributed by atoms with Gasteiger partial charge in [-0.1, -0.05) is 0 Å². The van der Waals surface area contributed by atoms with E-state index in [4.69, 9.17) is 5.11 Å². The van der Waals surface area contributed by atoms with Crippen molar-refractivity contribution in [3.63, 3.8) is 0 Å². The van der Waals surface area contributed by atoms with Crippen LogP contribution in [0.1, 0.15) is 16.9 Å². The third kappa shape index (κ3) is 4.43. The molecule has 17 heavy (non-hydrogen) atoms. The highest BCUT2D eigenvalue weighted by molar-refractivity contribution is 9.10. The van der Waals surface area contributed by atoms with Crippen molar-refractivity contribution in [3.05, 3.63) is 22.4 Å². The van der Waals surface area contributed by atoms with Crippen LogP contribution in [0.25, 0.3) is 0 Å². The number of aromatic nitrogens is 1. The standard InChI is InChI=1S/C10H13BrN2O3S/c1-17-3-2-7(10(15)16)13-9(14)8-4-6(11)5-12-8/h4-5,7,12H,2-3H2,1H3,(H,13,14)(H,15,16)/t7-/m0/s1. The number of hydrogen-bond acceptors (Lipinski definition) is 3. The molecular weight excluding hydrogens is 308 g/mol. The molecule has 0 aliphatic rings. The Morgan fingerprint density at radius 2 is 2.35 bits per heavy atom. The van der Waals surface area contributed by atoms with Crippen molar-refractivity contribution in [2.45, 2.75) is 12.5 Å². The van der Waals surface area contributed by atoms with Crippen molar-refractivity contribution in [1.82, 2.24) is 10.3 Å². The molecule has 0 saturated carbocycles. The van der Waals surface area contributed by atoms with E-state index in [1.54, 1.807) is 24.0 Å². The Morgan fingerprint density at radius 1 is 1.65 bits per heavy atom. The molecule has 0 aromatic carbocycles. The van der Waals surface area contributed by atoms with Gasteiger partial charge >= 0.3 is 5.97 Å². The fraction of sp³-hybridized carbons (Fsp3) is 0.400. The first-order chi connectivity index (χ1) is 8.04. The zero-order chi connectivity index (χ0) is 12.8. The summed E-state index contributed by atoms with van der Waals surface area (Å²) in [6.45, 7) is 0. The van der Waals surface area contributed by atoms with E-state index in [1.807, 2.05) is 6.26 Å². The number of carboxylic acids is 1. The predicted octanol–water partition coefficient (Wildman–Crippen LogP) is 1.71. The largest absolute Gasteiger partial charge is 0.480 e. The fourth-order valence-corrected chi connectivity index (χ4v) is 2.04. The topological polar surface area (TPSA) is 82.2 Å². The second-order valence-electron chi connectivity index (χ2n) is 3.38. The lowest BCUT2D eigenvalue weighted by Gasteiger charge is -2.13. The first-order valence-electron chi connectivity index (χ1n) is 4.91. The molecule has 1 atom stereocenters. The van der Waals surface area contributed by atoms with Crippen molar-refractivity contribution < 1.29 is 14.7 Å². The average molecular weight is 321 g/mol. The number of halogens is 1. The molecule has 1 aromatic heterocycles. The molecule has 3 N–H and O–H groups in total. The highest BCUT2D eigenvalue weighted by atomic mass is 79.9. The number of rotatable bonds is 6. The second-order valence-corrected chi connectivity index (χ2v) is 5.28. The lowest BCUT2D eigenvalue weighted by molar-refractivity contribution is -0.139. The molecule has 0 bridgehead atoms. The van der Waals surface area contributed by atoms with Crippen LogP contribution in [-0.2, 0) is 4.79 Å². The molecule has 0 unspecified atom stereocenters. The normalized spacial score (nSPS) is 12.1. The maximum atomic E-state index is 11.7. The van der Waals surface area contributed by atoms with Crippen molar-refractivity contribution >= 4 is 39.6 Å². The highest BCUT2D eigenvalue weighted by Gasteiger charge is 2.20. The number of carboxylic acid groups (broad SMARTS) is 1. The lowest BCUT2D eigenvalue weighted by atomic mass is 10.2. The predicted molar refractivity (Wildman–Crippen MR) is 70.4 cm³/mol. The summed E-state index contributed by atoms with van der Waals surface area (Å²) >= 11 is 4.75. The van der Waals surface area contributed by atoms with Crippen LogP contribution in [0.4, 0.5) is 0 Å². The van der Waals surface area contributed by atoms with E-state index < -0.39 is 17.9 Å². The smallest absolute Gasteiger partial charge is 0.326 e. The van der Waals surface area contributed by atoms with Crippen LogP contribution >= 0.6 is 27.7 Å². The van der Waals surface area contributed by atoms with Gasteiger partial charge < -0.3 is 15.4 Å². The minimum atomic E-state index is -1.02. The van der Waals surface area contributed by atoms with Crippen LogP contribution < -0.4 is 5.32 Å². The van der Waals surface area contributed by atoms with Gasteiger partial charge in [-0.2, -0.15) is 11.8 Å². The molecule has 0 fully saturated rings. The number of amides is 1. The van der Waals surface area contributed by atoms with E-state index in [0.29, 0.717) is 17.9 Å². The Morgan fingerprint density at radius 3 is 2.82 bits per heavy atom. The number of H-pyrrole nitrogens is 1. The molecule has 0 aliphatic carbocycles. The number of nitrogens with one attached hydrogen (secondary N) is 2. The Bertz CT molecular complexity index is 408. The number of carbonyl (C=O) groups is 2. The maximum Gasteiger partial charge on any atom is 0.326 e. The molecule has 94 valence electrons. The molecule has 0 aliphatic heterocycles. The number of thioether (sulfide) groups is 1. The first kappa shape index (κ1) is 14.1. The third-order valence-corrected chi connectivity index (χ3v) is 3.21. The van der Waals surface area contributed by atoms with Crippen molar-refractivity contribution in [3.8, 4) is 0 Å². The molecule has 1 amide bonds. The molecule has 0 spiro atoms. The van der Waals surface area contributed by atoms with Gasteiger partial charge in [-0.05, 0) is 40.4 Å². The van der Waals surface area contributed by atoms with Gasteiger partial charge in [0.05, 0.1) is 0 Å². The summed E-state index contributed by atoms with van der Waals surface area (Å²) < 4.78 is 0.749. The van der Waals surface area contributed by atoms with E-state index in [-0.39, 0.29) is 0 Å². The molecule has 0 radical (unpaired) electrons. The quantitative estimate of drug-likeness (QED) is 0.745. The summed E-state index contributed by atoms with van der Waals surface area (Å²) in [6.07, 6.45) is 3.92. The van der Waals surface area contributed by atoms with Gasteiger partial charge in [-0.25, -0.2) is 4.79 Å². The van der Waals surface area contributed by atoms with E-state index in [9.17, 15) is 9.59 Å². The molecule has 0 saturated heterocycles. The van der Waals surface area contributed by atoms with Crippen molar-refractivity contribution in [2.24, 2.45) is 0 Å². The van der Waals surface area contributed by atoms with Crippen LogP contribution in [0.2, 0.25) is 0 Å². The summed E-state index contributed by atoms with van der Waals surface area (Å²) in [7, 11) is 0. The lowest BCUT2D eigenvalue weighted by Crippen LogP contribution is -2.41. The monoisotopic (exact) mass is 320 g/mol. The summed E-state index contributed by atoms with van der Waals surface area (Å²) in [5.41, 5.74) is 0.340. The third-order valence-electron chi connectivity index (χ3n) is 2.11. The molecule has 5 nitrogen and oxygen atoms in total. The van der Waals surface area contributed by atoms with Gasteiger partial charge in [0.25, 0.3) is 5.91 Å². The van der Waals surface area contributed by atoms with Crippen LogP contribution in [0.5, 0.6) is 0 Å². The van der Waals surface area contributed by atoms with Gasteiger partial charge in [-0.15, -0.1) is 0 Å². The fourth-order valence-electron chi connectivity index (χ4n) is 1.23. The first-order valence-corrected chi connectivity index (χ1v) is 7.09. The van der Waals surface area contributed by atoms with Gasteiger partial charge in [0, 0.05) is 10.7 Å². The summed E-state index contributed by atoms with van der Waals surface area (Å²) in [5, 5.41) is 11.4. The van der Waals surface area contributed by atoms with Crippen LogP contribution in [0, 0.1) is 0 Å². The molecule has 1 heterocycles. The average Bonchev–Trinajstić information content (AvgIpc) is 2.70. The van der Waals surface area contributed by atoms with E-state index >= 15 is 0 Å². The minimum absolute atomic E-state index is 0.340. The van der Waals surface area contributed by atoms with Gasteiger partial charge in [0.1, 0.15) is 11.7 Å². The van der Waals surface area contributed by atoms with Crippen LogP contribution in [-0.4, -0.2) is 40.0 Å². The van der Waals surface area contributed by atoms with Crippen molar-refractivity contribution in [1.29, 1.82) is 0 Å². The molecule has 1 rings (SSSR count). The Labute approximate surface area is 111 Å². The number of carbonyl (C=O) groups excluding carboxylic acids is 1. The zero-order valence-electron chi connectivity index (χ0n) is 9.20. The van der Waals surface area contributed by atoms with E-state index in [2.05, 4.69) is 26.2 Å². The maximum absolute atomic E-state index is 11.7. The van der Waals surface area contributed by atoms with Gasteiger partial charge in [0.2, 0.25) is 0 Å². The minimum Gasteiger partial charge on any atom is -0.480 e.